The summed E-state index contributed by atoms with van der Waals surface area (Å²) >= 11 is 0. The summed E-state index contributed by atoms with van der Waals surface area (Å²) in [5.41, 5.74) is -0.497. The fourth-order valence-electron chi connectivity index (χ4n) is 5.01. The molecule has 156 valence electrons. The number of aromatic nitrogens is 1. The lowest BCUT2D eigenvalue weighted by Crippen LogP contribution is -2.69. The summed E-state index contributed by atoms with van der Waals surface area (Å²) in [4.78, 5) is 16.4. The van der Waals surface area contributed by atoms with Gasteiger partial charge in [-0.2, -0.15) is 9.49 Å². The number of carbonyl (C=O) groups excluding carboxylic acids is 1. The number of nitrogens with zero attached hydrogens (tertiary/aromatic N) is 3. The Balaban J connectivity index is 1.24. The van der Waals surface area contributed by atoms with E-state index in [-0.39, 0.29) is 23.7 Å². The van der Waals surface area contributed by atoms with E-state index >= 15 is 0 Å². The van der Waals surface area contributed by atoms with Crippen molar-refractivity contribution >= 4 is 12.1 Å². The molecule has 3 saturated carbocycles. The van der Waals surface area contributed by atoms with E-state index in [9.17, 15) is 22.4 Å². The zero-order valence-corrected chi connectivity index (χ0v) is 15.7. The van der Waals surface area contributed by atoms with Gasteiger partial charge in [0.15, 0.2) is 5.75 Å². The second-order valence-corrected chi connectivity index (χ2v) is 8.44. The van der Waals surface area contributed by atoms with Crippen LogP contribution in [0.5, 0.6) is 5.75 Å². The van der Waals surface area contributed by atoms with Crippen LogP contribution >= 0.6 is 0 Å². The van der Waals surface area contributed by atoms with Crippen molar-refractivity contribution in [2.45, 2.75) is 31.7 Å². The number of pyridine rings is 1. The SMILES string of the molecule is O=C(N1N=CCC1c1cc(F)cc(F)c1)C12CC(COc3cc(F)cnc3F)(C1)C2. The molecule has 5 nitrogen and oxygen atoms in total. The Kier molecular flexibility index (Phi) is 4.13. The van der Waals surface area contributed by atoms with Gasteiger partial charge in [-0.1, -0.05) is 0 Å². The molecule has 4 aliphatic rings. The van der Waals surface area contributed by atoms with Gasteiger partial charge in [-0.25, -0.2) is 23.2 Å². The number of hydrogen-bond acceptors (Lipinski definition) is 4. The maximum absolute atomic E-state index is 13.6. The van der Waals surface area contributed by atoms with Crippen molar-refractivity contribution < 1.29 is 27.1 Å². The summed E-state index contributed by atoms with van der Waals surface area (Å²) in [7, 11) is 0. The number of benzene rings is 1. The van der Waals surface area contributed by atoms with Crippen LogP contribution in [0.2, 0.25) is 0 Å². The van der Waals surface area contributed by atoms with Crippen molar-refractivity contribution in [1.82, 2.24) is 9.99 Å². The molecule has 1 aromatic heterocycles. The van der Waals surface area contributed by atoms with Gasteiger partial charge < -0.3 is 4.74 Å². The average molecular weight is 419 g/mol. The van der Waals surface area contributed by atoms with Gasteiger partial charge >= 0.3 is 0 Å². The highest BCUT2D eigenvalue weighted by Crippen LogP contribution is 2.74. The van der Waals surface area contributed by atoms with Crippen LogP contribution in [0, 0.1) is 34.2 Å². The van der Waals surface area contributed by atoms with Crippen LogP contribution in [0.25, 0.3) is 0 Å². The fraction of sp³-hybridized carbons (Fsp3) is 0.381. The highest BCUT2D eigenvalue weighted by Gasteiger charge is 2.73. The van der Waals surface area contributed by atoms with E-state index in [0.717, 1.165) is 18.3 Å². The van der Waals surface area contributed by atoms with E-state index < -0.39 is 34.9 Å². The molecule has 1 aliphatic heterocycles. The van der Waals surface area contributed by atoms with Crippen LogP contribution in [-0.4, -0.2) is 28.7 Å². The first-order chi connectivity index (χ1) is 14.3. The Morgan fingerprint density at radius 2 is 1.77 bits per heavy atom. The fourth-order valence-corrected chi connectivity index (χ4v) is 5.01. The molecular formula is C21H17F4N3O2. The molecule has 2 bridgehead atoms. The predicted octanol–water partition coefficient (Wildman–Crippen LogP) is 4.15. The van der Waals surface area contributed by atoms with Crippen molar-refractivity contribution in [3.63, 3.8) is 0 Å². The standard InChI is InChI=1S/C21H17F4N3O2/c22-13-3-12(4-14(23)5-13)16-1-2-27-28(16)19(29)21-8-20(9-21,10-21)11-30-17-6-15(24)7-26-18(17)25/h2-7,16H,1,8-11H2. The molecule has 1 unspecified atom stereocenters. The van der Waals surface area contributed by atoms with Gasteiger partial charge in [-0.15, -0.1) is 0 Å². The van der Waals surface area contributed by atoms with E-state index in [1.165, 1.54) is 17.1 Å². The number of hydrogen-bond donors (Lipinski definition) is 0. The van der Waals surface area contributed by atoms with Gasteiger partial charge in [0, 0.05) is 30.2 Å². The van der Waals surface area contributed by atoms with E-state index in [2.05, 4.69) is 10.1 Å². The molecule has 2 aromatic rings. The summed E-state index contributed by atoms with van der Waals surface area (Å²) < 4.78 is 59.5. The molecule has 1 atom stereocenters. The van der Waals surface area contributed by atoms with E-state index in [0.29, 0.717) is 31.2 Å². The lowest BCUT2D eigenvalue weighted by molar-refractivity contribution is -0.227. The smallest absolute Gasteiger partial charge is 0.255 e. The van der Waals surface area contributed by atoms with Gasteiger partial charge in [-0.05, 0) is 37.0 Å². The van der Waals surface area contributed by atoms with Crippen molar-refractivity contribution in [1.29, 1.82) is 0 Å². The van der Waals surface area contributed by atoms with Crippen molar-refractivity contribution in [3.05, 3.63) is 59.4 Å². The molecule has 6 rings (SSSR count). The minimum atomic E-state index is -0.884. The number of carbonyl (C=O) groups is 1. The Labute approximate surface area is 169 Å². The van der Waals surface area contributed by atoms with Crippen LogP contribution in [-0.2, 0) is 4.79 Å². The summed E-state index contributed by atoms with van der Waals surface area (Å²) in [5, 5.41) is 5.46. The molecule has 3 aliphatic carbocycles. The number of hydrazone groups is 1. The number of halogens is 4. The second-order valence-electron chi connectivity index (χ2n) is 8.44. The summed E-state index contributed by atoms with van der Waals surface area (Å²) in [5.74, 6) is -3.42. The lowest BCUT2D eigenvalue weighted by atomic mass is 9.35. The first-order valence-corrected chi connectivity index (χ1v) is 9.55. The molecular weight excluding hydrogens is 402 g/mol. The van der Waals surface area contributed by atoms with E-state index in [1.54, 1.807) is 6.21 Å². The molecule has 2 heterocycles. The monoisotopic (exact) mass is 419 g/mol. The Morgan fingerprint density at radius 3 is 2.47 bits per heavy atom. The maximum Gasteiger partial charge on any atom is 0.255 e. The molecule has 0 saturated heterocycles. The Hall–Kier alpha value is -2.97. The van der Waals surface area contributed by atoms with Gasteiger partial charge in [0.1, 0.15) is 17.5 Å². The molecule has 0 spiro atoms. The van der Waals surface area contributed by atoms with Gasteiger partial charge in [-0.3, -0.25) is 4.79 Å². The van der Waals surface area contributed by atoms with Crippen LogP contribution < -0.4 is 4.74 Å². The van der Waals surface area contributed by atoms with Gasteiger partial charge in [0.05, 0.1) is 24.3 Å². The minimum absolute atomic E-state index is 0.159. The highest BCUT2D eigenvalue weighted by molar-refractivity contribution is 5.88. The summed E-state index contributed by atoms with van der Waals surface area (Å²) in [6, 6.07) is 3.60. The molecule has 9 heteroatoms. The normalized spacial score (nSPS) is 28.8. The summed E-state index contributed by atoms with van der Waals surface area (Å²) in [6.07, 6.45) is 4.34. The predicted molar refractivity (Wildman–Crippen MR) is 97.4 cm³/mol. The summed E-state index contributed by atoms with van der Waals surface area (Å²) in [6.45, 7) is 0.159. The quantitative estimate of drug-likeness (QED) is 0.541. The van der Waals surface area contributed by atoms with E-state index in [4.69, 9.17) is 4.74 Å². The first kappa shape index (κ1) is 19.0. The Morgan fingerprint density at radius 1 is 1.07 bits per heavy atom. The topological polar surface area (TPSA) is 54.8 Å². The average Bonchev–Trinajstić information content (AvgIpc) is 3.11. The molecule has 0 N–H and O–H groups in total. The van der Waals surface area contributed by atoms with Crippen LogP contribution in [0.3, 0.4) is 0 Å². The van der Waals surface area contributed by atoms with Crippen molar-refractivity contribution in [2.24, 2.45) is 15.9 Å². The van der Waals surface area contributed by atoms with Crippen LogP contribution in [0.15, 0.2) is 35.6 Å². The third-order valence-corrected chi connectivity index (χ3v) is 6.21. The molecule has 30 heavy (non-hydrogen) atoms. The van der Waals surface area contributed by atoms with E-state index in [1.807, 2.05) is 0 Å². The molecule has 0 radical (unpaired) electrons. The third-order valence-electron chi connectivity index (χ3n) is 6.21. The third kappa shape index (κ3) is 2.95. The number of amides is 1. The van der Waals surface area contributed by atoms with Crippen LogP contribution in [0.1, 0.15) is 37.3 Å². The first-order valence-electron chi connectivity index (χ1n) is 9.55. The number of ether oxygens (including phenoxy) is 1. The molecule has 3 fully saturated rings. The second kappa shape index (κ2) is 6.52. The lowest BCUT2D eigenvalue weighted by Gasteiger charge is -2.69. The highest BCUT2D eigenvalue weighted by atomic mass is 19.1. The van der Waals surface area contributed by atoms with Crippen LogP contribution in [0.4, 0.5) is 17.6 Å². The molecule has 1 aromatic carbocycles. The number of rotatable bonds is 5. The van der Waals surface area contributed by atoms with Gasteiger partial charge in [0.2, 0.25) is 5.91 Å². The Bertz CT molecular complexity index is 1030. The largest absolute Gasteiger partial charge is 0.488 e. The maximum atomic E-state index is 13.6. The zero-order chi connectivity index (χ0) is 21.1. The minimum Gasteiger partial charge on any atom is -0.488 e. The zero-order valence-electron chi connectivity index (χ0n) is 15.7. The van der Waals surface area contributed by atoms with Crippen molar-refractivity contribution in [3.8, 4) is 5.75 Å². The van der Waals surface area contributed by atoms with Gasteiger partial charge in [0.25, 0.3) is 5.95 Å². The van der Waals surface area contributed by atoms with Crippen molar-refractivity contribution in [2.75, 3.05) is 6.61 Å². The molecule has 1 amide bonds.